The molecule has 4 aromatic carbocycles. The van der Waals surface area contributed by atoms with Gasteiger partial charge in [-0.25, -0.2) is 0 Å². The summed E-state index contributed by atoms with van der Waals surface area (Å²) in [5.74, 6) is 1.11. The second kappa shape index (κ2) is 13.3. The van der Waals surface area contributed by atoms with Crippen LogP contribution in [0.4, 0.5) is 5.69 Å². The van der Waals surface area contributed by atoms with Crippen LogP contribution in [0.25, 0.3) is 22.0 Å². The van der Waals surface area contributed by atoms with Crippen LogP contribution in [0.15, 0.2) is 84.9 Å². The Balaban J connectivity index is 1.14. The summed E-state index contributed by atoms with van der Waals surface area (Å²) in [5.41, 5.74) is 5.37. The van der Waals surface area contributed by atoms with Crippen LogP contribution in [0.2, 0.25) is 0 Å². The first-order valence-electron chi connectivity index (χ1n) is 15.9. The maximum atomic E-state index is 13.1. The molecule has 1 fully saturated rings. The summed E-state index contributed by atoms with van der Waals surface area (Å²) in [7, 11) is 2.19. The number of amides is 1. The number of aromatic hydroxyl groups is 2. The fourth-order valence-electron chi connectivity index (χ4n) is 6.39. The summed E-state index contributed by atoms with van der Waals surface area (Å²) in [5, 5.41) is 25.2. The summed E-state index contributed by atoms with van der Waals surface area (Å²) >= 11 is 0. The van der Waals surface area contributed by atoms with Gasteiger partial charge in [0.1, 0.15) is 23.0 Å². The lowest BCUT2D eigenvalue weighted by Crippen LogP contribution is -2.46. The fourth-order valence-corrected chi connectivity index (χ4v) is 6.39. The van der Waals surface area contributed by atoms with E-state index in [1.807, 2.05) is 30.3 Å². The lowest BCUT2D eigenvalue weighted by molar-refractivity contribution is 0.102. The molecule has 0 spiro atoms. The molecule has 0 saturated carbocycles. The van der Waals surface area contributed by atoms with Crippen molar-refractivity contribution in [3.8, 4) is 34.1 Å². The van der Waals surface area contributed by atoms with E-state index in [4.69, 9.17) is 4.74 Å². The van der Waals surface area contributed by atoms with E-state index in [2.05, 4.69) is 59.6 Å². The lowest BCUT2D eigenvalue weighted by atomic mass is 10.0. The monoisotopic (exact) mass is 618 g/mol. The van der Waals surface area contributed by atoms with Gasteiger partial charge in [-0.1, -0.05) is 43.3 Å². The van der Waals surface area contributed by atoms with Crippen molar-refractivity contribution in [3.63, 3.8) is 0 Å². The number of nitrogens with zero attached hydrogens (tertiary/aromatic N) is 3. The Kier molecular flexibility index (Phi) is 9.01. The van der Waals surface area contributed by atoms with E-state index in [0.29, 0.717) is 34.1 Å². The number of aryl methyl sites for hydroxylation is 1. The number of nitrogens with one attached hydrogen (secondary N) is 1. The Hall–Kier alpha value is -4.79. The van der Waals surface area contributed by atoms with Crippen LogP contribution in [0.3, 0.4) is 0 Å². The lowest BCUT2D eigenvalue weighted by Gasteiger charge is -2.34. The van der Waals surface area contributed by atoms with E-state index >= 15 is 0 Å². The summed E-state index contributed by atoms with van der Waals surface area (Å²) < 4.78 is 8.68. The third-order valence-corrected chi connectivity index (χ3v) is 9.02. The predicted molar refractivity (Wildman–Crippen MR) is 184 cm³/mol. The number of carbonyl (C=O) groups is 1. The Morgan fingerprint density at radius 3 is 2.26 bits per heavy atom. The largest absolute Gasteiger partial charge is 0.507 e. The van der Waals surface area contributed by atoms with E-state index in [9.17, 15) is 15.0 Å². The van der Waals surface area contributed by atoms with Gasteiger partial charge in [0.05, 0.1) is 5.56 Å². The molecular weight excluding hydrogens is 576 g/mol. The number of fused-ring (bicyclic) bond motifs is 1. The summed E-state index contributed by atoms with van der Waals surface area (Å²) in [4.78, 5) is 18.1. The van der Waals surface area contributed by atoms with Crippen molar-refractivity contribution < 1.29 is 19.7 Å². The minimum absolute atomic E-state index is 0.127. The summed E-state index contributed by atoms with van der Waals surface area (Å²) in [6.45, 7) is 13.3. The molecule has 0 bridgehead atoms. The molecule has 8 nitrogen and oxygen atoms in total. The van der Waals surface area contributed by atoms with Crippen LogP contribution in [0.5, 0.6) is 23.0 Å². The number of rotatable bonds is 9. The highest BCUT2D eigenvalue weighted by molar-refractivity contribution is 6.05. The van der Waals surface area contributed by atoms with Crippen LogP contribution in [-0.4, -0.2) is 70.3 Å². The Morgan fingerprint density at radius 2 is 1.54 bits per heavy atom. The highest BCUT2D eigenvalue weighted by Gasteiger charge is 2.19. The zero-order valence-electron chi connectivity index (χ0n) is 27.0. The maximum Gasteiger partial charge on any atom is 0.255 e. The average molecular weight is 619 g/mol. The molecular formula is C38H42N4O4. The van der Waals surface area contributed by atoms with Crippen molar-refractivity contribution in [1.29, 1.82) is 0 Å². The van der Waals surface area contributed by atoms with Gasteiger partial charge in [0.2, 0.25) is 0 Å². The fraction of sp³-hybridized carbons (Fsp3) is 0.289. The van der Waals surface area contributed by atoms with E-state index in [0.717, 1.165) is 44.7 Å². The van der Waals surface area contributed by atoms with E-state index in [-0.39, 0.29) is 23.1 Å². The number of phenolic OH excluding ortho intramolecular Hbond substituents is 2. The number of hydrogen-bond acceptors (Lipinski definition) is 6. The molecule has 46 heavy (non-hydrogen) atoms. The van der Waals surface area contributed by atoms with Gasteiger partial charge < -0.3 is 34.6 Å². The molecule has 1 unspecified atom stereocenters. The van der Waals surface area contributed by atoms with E-state index in [1.54, 1.807) is 30.3 Å². The molecule has 2 heterocycles. The van der Waals surface area contributed by atoms with Gasteiger partial charge >= 0.3 is 0 Å². The molecule has 1 aliphatic heterocycles. The minimum atomic E-state index is -0.388. The molecule has 238 valence electrons. The van der Waals surface area contributed by atoms with Crippen molar-refractivity contribution in [2.45, 2.75) is 27.3 Å². The van der Waals surface area contributed by atoms with Gasteiger partial charge in [0.25, 0.3) is 5.91 Å². The van der Waals surface area contributed by atoms with Crippen molar-refractivity contribution >= 4 is 22.5 Å². The van der Waals surface area contributed by atoms with Crippen molar-refractivity contribution in [2.75, 3.05) is 45.1 Å². The van der Waals surface area contributed by atoms with Gasteiger partial charge in [-0.05, 0) is 74.3 Å². The van der Waals surface area contributed by atoms with Crippen LogP contribution >= 0.6 is 0 Å². The topological polar surface area (TPSA) is 90.2 Å². The van der Waals surface area contributed by atoms with Crippen LogP contribution in [-0.2, 0) is 6.54 Å². The maximum absolute atomic E-state index is 13.1. The standard InChI is InChI=1S/C38H42N4O4/c1-25(23-41-17-15-40(4)16-18-41)24-42-27(3)26(2)33-22-32(13-14-34(33)42)46-31-12-8-11-29(19-31)38(45)39-30-20-35(43)37(36(44)21-30)28-9-6-5-7-10-28/h5-14,19-22,25,43-44H,15-18,23-24H2,1-4H3,(H,39,45). The molecule has 1 amide bonds. The number of carbonyl (C=O) groups excluding carboxylic acids is 1. The van der Waals surface area contributed by atoms with Gasteiger partial charge in [0.15, 0.2) is 0 Å². The third kappa shape index (κ3) is 6.73. The number of phenols is 2. The molecule has 0 aliphatic carbocycles. The van der Waals surface area contributed by atoms with Crippen LogP contribution < -0.4 is 10.1 Å². The van der Waals surface area contributed by atoms with Crippen molar-refractivity contribution in [3.05, 3.63) is 102 Å². The zero-order valence-corrected chi connectivity index (χ0v) is 27.0. The first kappa shape index (κ1) is 31.2. The zero-order chi connectivity index (χ0) is 32.4. The van der Waals surface area contributed by atoms with Crippen molar-refractivity contribution in [1.82, 2.24) is 14.4 Å². The number of aromatic nitrogens is 1. The third-order valence-electron chi connectivity index (χ3n) is 9.02. The van der Waals surface area contributed by atoms with Gasteiger partial charge in [-0.2, -0.15) is 0 Å². The highest BCUT2D eigenvalue weighted by atomic mass is 16.5. The van der Waals surface area contributed by atoms with Gasteiger partial charge in [-0.15, -0.1) is 0 Å². The molecule has 8 heteroatoms. The van der Waals surface area contributed by atoms with E-state index < -0.39 is 0 Å². The molecule has 0 radical (unpaired) electrons. The van der Waals surface area contributed by atoms with Crippen molar-refractivity contribution in [2.24, 2.45) is 5.92 Å². The second-order valence-electron chi connectivity index (χ2n) is 12.5. The molecule has 1 atom stereocenters. The molecule has 5 aromatic rings. The Labute approximate surface area is 270 Å². The smallest absolute Gasteiger partial charge is 0.255 e. The first-order valence-corrected chi connectivity index (χ1v) is 15.9. The number of likely N-dealkylation sites (N-methyl/N-ethyl adjacent to an activating group) is 1. The van der Waals surface area contributed by atoms with Crippen LogP contribution in [0.1, 0.15) is 28.5 Å². The minimum Gasteiger partial charge on any atom is -0.507 e. The SMILES string of the molecule is Cc1c(C)n(CC(C)CN2CCN(C)CC2)c2ccc(Oc3cccc(C(=O)Nc4cc(O)c(-c5ccccc5)c(O)c4)c3)cc12. The number of ether oxygens (including phenoxy) is 1. The van der Waals surface area contributed by atoms with Gasteiger partial charge in [0, 0.05) is 79.2 Å². The molecule has 1 aromatic heterocycles. The summed E-state index contributed by atoms with van der Waals surface area (Å²) in [6.07, 6.45) is 0. The highest BCUT2D eigenvalue weighted by Crippen LogP contribution is 2.40. The molecule has 6 rings (SSSR count). The first-order chi connectivity index (χ1) is 22.2. The molecule has 3 N–H and O–H groups in total. The number of hydrogen-bond donors (Lipinski definition) is 3. The van der Waals surface area contributed by atoms with Crippen LogP contribution in [0, 0.1) is 19.8 Å². The normalized spacial score (nSPS) is 14.8. The van der Waals surface area contributed by atoms with E-state index in [1.165, 1.54) is 28.9 Å². The number of piperazine rings is 1. The number of benzene rings is 4. The molecule has 1 saturated heterocycles. The average Bonchev–Trinajstić information content (AvgIpc) is 3.26. The summed E-state index contributed by atoms with van der Waals surface area (Å²) in [6, 6.07) is 25.1. The Morgan fingerprint density at radius 1 is 0.848 bits per heavy atom. The number of anilines is 1. The Bertz CT molecular complexity index is 1840. The molecule has 1 aliphatic rings. The quantitative estimate of drug-likeness (QED) is 0.161. The second-order valence-corrected chi connectivity index (χ2v) is 12.5. The predicted octanol–water partition coefficient (Wildman–Crippen LogP) is 7.26. The van der Waals surface area contributed by atoms with Gasteiger partial charge in [-0.3, -0.25) is 4.79 Å².